The van der Waals surface area contributed by atoms with Gasteiger partial charge in [-0.15, -0.1) is 11.3 Å². The molecule has 0 amide bonds. The lowest BCUT2D eigenvalue weighted by molar-refractivity contribution is 0.357. The lowest BCUT2D eigenvalue weighted by Gasteiger charge is -2.27. The lowest BCUT2D eigenvalue weighted by Crippen LogP contribution is -2.33. The van der Waals surface area contributed by atoms with Gasteiger partial charge in [-0.2, -0.15) is 4.31 Å². The molecule has 3 aromatic rings. The minimum absolute atomic E-state index is 0.134. The van der Waals surface area contributed by atoms with Crippen LogP contribution in [-0.2, 0) is 10.0 Å². The number of nitrogens with zero attached hydrogens (tertiary/aromatic N) is 3. The summed E-state index contributed by atoms with van der Waals surface area (Å²) in [5.74, 6) is -0.350. The van der Waals surface area contributed by atoms with Crippen molar-refractivity contribution in [3.05, 3.63) is 53.4 Å². The first-order chi connectivity index (χ1) is 11.4. The van der Waals surface area contributed by atoms with Crippen LogP contribution in [0.15, 0.2) is 46.9 Å². The van der Waals surface area contributed by atoms with E-state index in [0.29, 0.717) is 12.2 Å². The van der Waals surface area contributed by atoms with Crippen LogP contribution in [0.1, 0.15) is 25.5 Å². The van der Waals surface area contributed by atoms with E-state index in [4.69, 9.17) is 0 Å². The van der Waals surface area contributed by atoms with E-state index in [1.54, 1.807) is 37.6 Å². The number of halogens is 1. The van der Waals surface area contributed by atoms with Gasteiger partial charge in [-0.3, -0.25) is 0 Å². The van der Waals surface area contributed by atoms with Crippen LogP contribution in [0.3, 0.4) is 0 Å². The van der Waals surface area contributed by atoms with E-state index in [2.05, 4.69) is 9.97 Å². The highest BCUT2D eigenvalue weighted by Crippen LogP contribution is 2.28. The topological polar surface area (TPSA) is 63.2 Å². The molecule has 0 spiro atoms. The average Bonchev–Trinajstić information content (AvgIpc) is 3.03. The fraction of sp³-hybridized carbons (Fsp3) is 0.250. The molecule has 0 N–H and O–H groups in total. The van der Waals surface area contributed by atoms with Gasteiger partial charge in [0.05, 0.1) is 10.2 Å². The number of hydrogen-bond donors (Lipinski definition) is 0. The number of fused-ring (bicyclic) bond motifs is 1. The molecule has 1 atom stereocenters. The van der Waals surface area contributed by atoms with Crippen LogP contribution in [0.25, 0.3) is 10.3 Å². The van der Waals surface area contributed by atoms with Gasteiger partial charge in [0.2, 0.25) is 10.0 Å². The minimum Gasteiger partial charge on any atom is -0.234 e. The maximum Gasteiger partial charge on any atom is 0.245 e. The van der Waals surface area contributed by atoms with Crippen molar-refractivity contribution in [2.24, 2.45) is 0 Å². The minimum atomic E-state index is -3.72. The molecule has 0 radical (unpaired) electrons. The van der Waals surface area contributed by atoms with Gasteiger partial charge < -0.3 is 0 Å². The van der Waals surface area contributed by atoms with Crippen molar-refractivity contribution in [2.75, 3.05) is 6.54 Å². The number of benzene rings is 1. The second-order valence-corrected chi connectivity index (χ2v) is 8.06. The molecule has 0 aliphatic carbocycles. The molecule has 24 heavy (non-hydrogen) atoms. The van der Waals surface area contributed by atoms with Crippen molar-refractivity contribution in [2.45, 2.75) is 24.8 Å². The summed E-state index contributed by atoms with van der Waals surface area (Å²) in [6.07, 6.45) is 1.33. The highest BCUT2D eigenvalue weighted by Gasteiger charge is 2.29. The highest BCUT2D eigenvalue weighted by atomic mass is 32.2. The van der Waals surface area contributed by atoms with E-state index in [1.165, 1.54) is 34.0 Å². The van der Waals surface area contributed by atoms with Crippen LogP contribution in [0.2, 0.25) is 0 Å². The number of hydrogen-bond acceptors (Lipinski definition) is 5. The Hall–Kier alpha value is -1.90. The molecule has 0 aliphatic heterocycles. The fourth-order valence-electron chi connectivity index (χ4n) is 2.57. The molecule has 8 heteroatoms. The zero-order valence-corrected chi connectivity index (χ0v) is 14.8. The first kappa shape index (κ1) is 16.9. The molecule has 0 aliphatic rings. The van der Waals surface area contributed by atoms with Crippen molar-refractivity contribution in [3.63, 3.8) is 0 Å². The Bertz CT molecular complexity index is 955. The summed E-state index contributed by atoms with van der Waals surface area (Å²) < 4.78 is 41.2. The summed E-state index contributed by atoms with van der Waals surface area (Å²) in [6, 6.07) is 7.04. The van der Waals surface area contributed by atoms with Crippen LogP contribution in [0, 0.1) is 5.82 Å². The largest absolute Gasteiger partial charge is 0.245 e. The molecule has 0 fully saturated rings. The van der Waals surface area contributed by atoms with Gasteiger partial charge in [0.15, 0.2) is 5.65 Å². The molecule has 0 unspecified atom stereocenters. The predicted molar refractivity (Wildman–Crippen MR) is 91.8 cm³/mol. The van der Waals surface area contributed by atoms with Gasteiger partial charge in [-0.05, 0) is 30.7 Å². The monoisotopic (exact) mass is 365 g/mol. The Morgan fingerprint density at radius 3 is 2.62 bits per heavy atom. The zero-order valence-electron chi connectivity index (χ0n) is 13.2. The summed E-state index contributed by atoms with van der Waals surface area (Å²) in [4.78, 5) is 8.31. The maximum absolute atomic E-state index is 13.1. The molecular formula is C16H16FN3O2S2. The standard InChI is InChI=1S/C16H16FN3O2S2/c1-3-20(11(2)12-4-6-13(17)7-5-12)24(21,22)14-8-15-16(18-9-14)19-10-23-15/h4-11H,3H2,1-2H3/t11-/m0/s1. The number of thiazole rings is 1. The van der Waals surface area contributed by atoms with Gasteiger partial charge >= 0.3 is 0 Å². The highest BCUT2D eigenvalue weighted by molar-refractivity contribution is 7.89. The smallest absolute Gasteiger partial charge is 0.234 e. The van der Waals surface area contributed by atoms with Crippen molar-refractivity contribution in [1.29, 1.82) is 0 Å². The van der Waals surface area contributed by atoms with Crippen LogP contribution >= 0.6 is 11.3 Å². The van der Waals surface area contributed by atoms with Crippen LogP contribution in [-0.4, -0.2) is 29.2 Å². The molecule has 5 nitrogen and oxygen atoms in total. The van der Waals surface area contributed by atoms with Crippen LogP contribution in [0.5, 0.6) is 0 Å². The molecule has 2 heterocycles. The van der Waals surface area contributed by atoms with Crippen molar-refractivity contribution < 1.29 is 12.8 Å². The average molecular weight is 365 g/mol. The maximum atomic E-state index is 13.1. The number of sulfonamides is 1. The summed E-state index contributed by atoms with van der Waals surface area (Å²) in [5, 5.41) is 0. The zero-order chi connectivity index (χ0) is 17.3. The summed E-state index contributed by atoms with van der Waals surface area (Å²) >= 11 is 1.35. The van der Waals surface area contributed by atoms with Gasteiger partial charge in [0.1, 0.15) is 10.7 Å². The Labute approximate surface area is 143 Å². The van der Waals surface area contributed by atoms with E-state index in [-0.39, 0.29) is 10.7 Å². The molecule has 0 saturated heterocycles. The Kier molecular flexibility index (Phi) is 4.62. The van der Waals surface area contributed by atoms with Gasteiger partial charge in [0, 0.05) is 18.8 Å². The first-order valence-electron chi connectivity index (χ1n) is 7.40. The molecule has 0 bridgehead atoms. The van der Waals surface area contributed by atoms with Gasteiger partial charge in [-0.25, -0.2) is 22.8 Å². The quantitative estimate of drug-likeness (QED) is 0.693. The van der Waals surface area contributed by atoms with Crippen molar-refractivity contribution >= 4 is 31.7 Å². The lowest BCUT2D eigenvalue weighted by atomic mass is 10.1. The van der Waals surface area contributed by atoms with Crippen LogP contribution < -0.4 is 0 Å². The fourth-order valence-corrected chi connectivity index (χ4v) is 4.92. The van der Waals surface area contributed by atoms with Crippen molar-refractivity contribution in [3.8, 4) is 0 Å². The number of pyridine rings is 1. The number of rotatable bonds is 5. The predicted octanol–water partition coefficient (Wildman–Crippen LogP) is 3.60. The van der Waals surface area contributed by atoms with Gasteiger partial charge in [0.25, 0.3) is 0 Å². The molecular weight excluding hydrogens is 349 g/mol. The summed E-state index contributed by atoms with van der Waals surface area (Å²) in [7, 11) is -3.72. The third-order valence-corrected chi connectivity index (χ3v) is 6.64. The Morgan fingerprint density at radius 1 is 1.25 bits per heavy atom. The Balaban J connectivity index is 1.99. The molecule has 1 aromatic carbocycles. The normalized spacial score (nSPS) is 13.5. The molecule has 3 rings (SSSR count). The van der Waals surface area contributed by atoms with E-state index in [9.17, 15) is 12.8 Å². The van der Waals surface area contributed by atoms with E-state index in [1.807, 2.05) is 0 Å². The summed E-state index contributed by atoms with van der Waals surface area (Å²) in [5.41, 5.74) is 2.90. The second-order valence-electron chi connectivity index (χ2n) is 5.28. The third kappa shape index (κ3) is 3.04. The molecule has 2 aromatic heterocycles. The van der Waals surface area contributed by atoms with Crippen molar-refractivity contribution in [1.82, 2.24) is 14.3 Å². The van der Waals surface area contributed by atoms with Gasteiger partial charge in [-0.1, -0.05) is 19.1 Å². The SMILES string of the molecule is CCN([C@@H](C)c1ccc(F)cc1)S(=O)(=O)c1cnc2ncsc2c1. The van der Waals surface area contributed by atoms with E-state index < -0.39 is 16.1 Å². The molecule has 0 saturated carbocycles. The number of aromatic nitrogens is 2. The third-order valence-electron chi connectivity index (χ3n) is 3.87. The first-order valence-corrected chi connectivity index (χ1v) is 9.72. The summed E-state index contributed by atoms with van der Waals surface area (Å²) in [6.45, 7) is 3.85. The van der Waals surface area contributed by atoms with Crippen LogP contribution in [0.4, 0.5) is 4.39 Å². The van der Waals surface area contributed by atoms with E-state index >= 15 is 0 Å². The Morgan fingerprint density at radius 2 is 1.96 bits per heavy atom. The second kappa shape index (κ2) is 6.54. The molecule has 126 valence electrons. The van der Waals surface area contributed by atoms with E-state index in [0.717, 1.165) is 10.3 Å².